The van der Waals surface area contributed by atoms with Gasteiger partial charge in [0.15, 0.2) is 0 Å². The molecule has 1 atom stereocenters. The molecule has 4 nitrogen and oxygen atoms in total. The second kappa shape index (κ2) is 8.18. The predicted octanol–water partition coefficient (Wildman–Crippen LogP) is 3.40. The van der Waals surface area contributed by atoms with E-state index in [9.17, 15) is 4.79 Å². The van der Waals surface area contributed by atoms with Crippen LogP contribution in [0, 0.1) is 0 Å². The number of hydrogen-bond acceptors (Lipinski definition) is 3. The van der Waals surface area contributed by atoms with Crippen LogP contribution in [-0.2, 0) is 11.3 Å². The molecule has 2 aromatic rings. The number of benzene rings is 2. The van der Waals surface area contributed by atoms with Gasteiger partial charge in [-0.05, 0) is 30.2 Å². The molecular weight excluding hydrogens is 312 g/mol. The van der Waals surface area contributed by atoms with Crippen LogP contribution in [-0.4, -0.2) is 18.6 Å². The Labute approximate surface area is 143 Å². The number of halogens is 1. The number of ether oxygens (including phenoxy) is 1. The molecule has 0 aliphatic heterocycles. The van der Waals surface area contributed by atoms with Gasteiger partial charge in [-0.2, -0.15) is 0 Å². The molecule has 2 rings (SSSR count). The van der Waals surface area contributed by atoms with Gasteiger partial charge in [0.1, 0.15) is 5.75 Å². The Morgan fingerprint density at radius 2 is 1.96 bits per heavy atom. The molecule has 126 valence electrons. The molecule has 0 radical (unpaired) electrons. The van der Waals surface area contributed by atoms with Crippen LogP contribution >= 0.6 is 12.4 Å². The average molecular weight is 337 g/mol. The van der Waals surface area contributed by atoms with Crippen LogP contribution in [0.15, 0.2) is 36.4 Å². The van der Waals surface area contributed by atoms with Crippen LogP contribution in [0.2, 0.25) is 0 Å². The summed E-state index contributed by atoms with van der Waals surface area (Å²) in [6.45, 7) is 4.19. The highest BCUT2D eigenvalue weighted by atomic mass is 35.5. The van der Waals surface area contributed by atoms with Crippen molar-refractivity contribution in [3.8, 4) is 5.75 Å². The monoisotopic (exact) mass is 336 g/mol. The van der Waals surface area contributed by atoms with Gasteiger partial charge < -0.3 is 15.8 Å². The van der Waals surface area contributed by atoms with Crippen LogP contribution in [0.3, 0.4) is 0 Å². The number of nitrogens with two attached hydrogens (primary N) is 1. The van der Waals surface area contributed by atoms with E-state index in [1.807, 2.05) is 43.3 Å². The van der Waals surface area contributed by atoms with Gasteiger partial charge >= 0.3 is 0 Å². The van der Waals surface area contributed by atoms with Crippen molar-refractivity contribution in [3.63, 3.8) is 0 Å². The van der Waals surface area contributed by atoms with E-state index in [1.54, 1.807) is 14.0 Å². The SMILES string of the molecule is CCCC(C)(N)C(=O)NCc1c(OC)ccc2ccccc12.Cl. The topological polar surface area (TPSA) is 64.4 Å². The lowest BCUT2D eigenvalue weighted by Gasteiger charge is -2.23. The molecule has 0 saturated heterocycles. The lowest BCUT2D eigenvalue weighted by atomic mass is 9.96. The maximum absolute atomic E-state index is 12.3. The average Bonchev–Trinajstić information content (AvgIpc) is 2.51. The third-order valence-electron chi connectivity index (χ3n) is 3.93. The molecular formula is C18H25ClN2O2. The lowest BCUT2D eigenvalue weighted by Crippen LogP contribution is -2.51. The maximum atomic E-state index is 12.3. The van der Waals surface area contributed by atoms with Gasteiger partial charge in [0, 0.05) is 12.1 Å². The highest BCUT2D eigenvalue weighted by Crippen LogP contribution is 2.27. The van der Waals surface area contributed by atoms with Crippen molar-refractivity contribution < 1.29 is 9.53 Å². The number of rotatable bonds is 6. The normalized spacial score (nSPS) is 13.0. The molecule has 1 unspecified atom stereocenters. The number of carbonyl (C=O) groups is 1. The Morgan fingerprint density at radius 1 is 1.26 bits per heavy atom. The van der Waals surface area contributed by atoms with Crippen LogP contribution in [0.25, 0.3) is 10.8 Å². The van der Waals surface area contributed by atoms with Gasteiger partial charge in [0.25, 0.3) is 0 Å². The number of methoxy groups -OCH3 is 1. The van der Waals surface area contributed by atoms with Gasteiger partial charge in [0.05, 0.1) is 12.6 Å². The van der Waals surface area contributed by atoms with Crippen LogP contribution in [0.1, 0.15) is 32.3 Å². The molecule has 2 aromatic carbocycles. The number of nitrogens with one attached hydrogen (secondary N) is 1. The van der Waals surface area contributed by atoms with Crippen molar-refractivity contribution >= 4 is 29.1 Å². The van der Waals surface area contributed by atoms with Gasteiger partial charge in [0.2, 0.25) is 5.91 Å². The van der Waals surface area contributed by atoms with Crippen LogP contribution < -0.4 is 15.8 Å². The second-order valence-corrected chi connectivity index (χ2v) is 5.82. The zero-order valence-electron chi connectivity index (χ0n) is 13.9. The number of amides is 1. The molecule has 23 heavy (non-hydrogen) atoms. The molecule has 0 bridgehead atoms. The largest absolute Gasteiger partial charge is 0.496 e. The number of fused-ring (bicyclic) bond motifs is 1. The first-order valence-electron chi connectivity index (χ1n) is 7.61. The zero-order valence-corrected chi connectivity index (χ0v) is 14.7. The molecule has 3 N–H and O–H groups in total. The molecule has 0 saturated carbocycles. The third-order valence-corrected chi connectivity index (χ3v) is 3.93. The molecule has 0 heterocycles. The third kappa shape index (κ3) is 4.36. The van der Waals surface area contributed by atoms with Gasteiger partial charge in [-0.1, -0.05) is 43.7 Å². The quantitative estimate of drug-likeness (QED) is 0.849. The molecule has 0 aromatic heterocycles. The highest BCUT2D eigenvalue weighted by Gasteiger charge is 2.27. The Hall–Kier alpha value is -1.78. The fourth-order valence-corrected chi connectivity index (χ4v) is 2.69. The van der Waals surface area contributed by atoms with E-state index in [0.717, 1.165) is 28.5 Å². The fraction of sp³-hybridized carbons (Fsp3) is 0.389. The van der Waals surface area contributed by atoms with Crippen molar-refractivity contribution in [3.05, 3.63) is 42.0 Å². The first-order valence-corrected chi connectivity index (χ1v) is 7.61. The van der Waals surface area contributed by atoms with Crippen LogP contribution in [0.5, 0.6) is 5.75 Å². The smallest absolute Gasteiger partial charge is 0.240 e. The molecule has 1 amide bonds. The first-order chi connectivity index (χ1) is 10.5. The van der Waals surface area contributed by atoms with E-state index in [2.05, 4.69) is 5.32 Å². The summed E-state index contributed by atoms with van der Waals surface area (Å²) in [7, 11) is 1.64. The van der Waals surface area contributed by atoms with E-state index < -0.39 is 5.54 Å². The Bertz CT molecular complexity index is 671. The summed E-state index contributed by atoms with van der Waals surface area (Å²) < 4.78 is 5.44. The van der Waals surface area contributed by atoms with E-state index in [4.69, 9.17) is 10.5 Å². The molecule has 0 spiro atoms. The van der Waals surface area contributed by atoms with Gasteiger partial charge in [-0.15, -0.1) is 12.4 Å². The second-order valence-electron chi connectivity index (χ2n) is 5.82. The summed E-state index contributed by atoms with van der Waals surface area (Å²) in [5, 5.41) is 5.15. The van der Waals surface area contributed by atoms with Crippen molar-refractivity contribution in [1.29, 1.82) is 0 Å². The van der Waals surface area contributed by atoms with Gasteiger partial charge in [-0.3, -0.25) is 4.79 Å². The van der Waals surface area contributed by atoms with E-state index in [1.165, 1.54) is 0 Å². The maximum Gasteiger partial charge on any atom is 0.240 e. The minimum atomic E-state index is -0.841. The van der Waals surface area contributed by atoms with Crippen molar-refractivity contribution in [1.82, 2.24) is 5.32 Å². The van der Waals surface area contributed by atoms with E-state index >= 15 is 0 Å². The Morgan fingerprint density at radius 3 is 2.61 bits per heavy atom. The van der Waals surface area contributed by atoms with Crippen molar-refractivity contribution in [2.75, 3.05) is 7.11 Å². The minimum Gasteiger partial charge on any atom is -0.496 e. The zero-order chi connectivity index (χ0) is 16.2. The Balaban J connectivity index is 0.00000264. The molecule has 0 aliphatic rings. The Kier molecular flexibility index (Phi) is 6.85. The summed E-state index contributed by atoms with van der Waals surface area (Å²) in [6.07, 6.45) is 1.53. The lowest BCUT2D eigenvalue weighted by molar-refractivity contribution is -0.126. The first kappa shape index (κ1) is 19.3. The minimum absolute atomic E-state index is 0. The number of carbonyl (C=O) groups excluding carboxylic acids is 1. The molecule has 0 fully saturated rings. The van der Waals surface area contributed by atoms with E-state index in [-0.39, 0.29) is 18.3 Å². The molecule has 0 aliphatic carbocycles. The standard InChI is InChI=1S/C18H24N2O2.ClH/c1-4-11-18(2,19)17(21)20-12-15-14-8-6-5-7-13(14)9-10-16(15)22-3;/h5-10H,4,11-12,19H2,1-3H3,(H,20,21);1H. The van der Waals surface area contributed by atoms with Crippen molar-refractivity contribution in [2.24, 2.45) is 5.73 Å². The van der Waals surface area contributed by atoms with Gasteiger partial charge in [-0.25, -0.2) is 0 Å². The summed E-state index contributed by atoms with van der Waals surface area (Å²) >= 11 is 0. The summed E-state index contributed by atoms with van der Waals surface area (Å²) in [6, 6.07) is 12.0. The van der Waals surface area contributed by atoms with Crippen molar-refractivity contribution in [2.45, 2.75) is 38.8 Å². The highest BCUT2D eigenvalue weighted by molar-refractivity contribution is 5.89. The predicted molar refractivity (Wildman–Crippen MR) is 97.1 cm³/mol. The van der Waals surface area contributed by atoms with E-state index in [0.29, 0.717) is 13.0 Å². The summed E-state index contributed by atoms with van der Waals surface area (Å²) in [5.41, 5.74) is 6.21. The fourth-order valence-electron chi connectivity index (χ4n) is 2.69. The molecule has 5 heteroatoms. The number of hydrogen-bond donors (Lipinski definition) is 2. The van der Waals surface area contributed by atoms with Crippen LogP contribution in [0.4, 0.5) is 0 Å². The summed E-state index contributed by atoms with van der Waals surface area (Å²) in [5.74, 6) is 0.637. The summed E-state index contributed by atoms with van der Waals surface area (Å²) in [4.78, 5) is 12.3.